The topological polar surface area (TPSA) is 20.2 Å². The number of aliphatic hydroxyl groups is 1. The number of hydrogen-bond donors (Lipinski definition) is 1. The summed E-state index contributed by atoms with van der Waals surface area (Å²) in [4.78, 5) is 0. The molecule has 72 valence electrons. The standard InChI is InChI=1S/C11H22O/c1-5-6-7-8-9-10(12)11(2,3)4/h8-10,12H,5-7H2,1-4H3/b9-8+. The van der Waals surface area contributed by atoms with E-state index in [-0.39, 0.29) is 11.5 Å². The number of allylic oxidation sites excluding steroid dienone is 1. The lowest BCUT2D eigenvalue weighted by Gasteiger charge is -2.22. The van der Waals surface area contributed by atoms with Crippen LogP contribution in [-0.2, 0) is 0 Å². The summed E-state index contributed by atoms with van der Waals surface area (Å²) >= 11 is 0. The van der Waals surface area contributed by atoms with Gasteiger partial charge in [0.05, 0.1) is 6.10 Å². The Labute approximate surface area is 76.5 Å². The molecule has 0 amide bonds. The van der Waals surface area contributed by atoms with Crippen molar-refractivity contribution in [3.63, 3.8) is 0 Å². The third kappa shape index (κ3) is 5.36. The fourth-order valence-electron chi connectivity index (χ4n) is 0.836. The van der Waals surface area contributed by atoms with Gasteiger partial charge in [0.25, 0.3) is 0 Å². The fourth-order valence-corrected chi connectivity index (χ4v) is 0.836. The van der Waals surface area contributed by atoms with E-state index in [2.05, 4.69) is 13.0 Å². The van der Waals surface area contributed by atoms with Crippen molar-refractivity contribution >= 4 is 0 Å². The molecular weight excluding hydrogens is 148 g/mol. The van der Waals surface area contributed by atoms with Crippen LogP contribution in [0.1, 0.15) is 47.0 Å². The van der Waals surface area contributed by atoms with Crippen molar-refractivity contribution in [2.75, 3.05) is 0 Å². The first-order valence-corrected chi connectivity index (χ1v) is 4.83. The fraction of sp³-hybridized carbons (Fsp3) is 0.818. The summed E-state index contributed by atoms with van der Waals surface area (Å²) in [6.07, 6.45) is 7.21. The highest BCUT2D eigenvalue weighted by molar-refractivity contribution is 4.94. The van der Waals surface area contributed by atoms with Gasteiger partial charge in [0, 0.05) is 0 Å². The maximum atomic E-state index is 9.60. The van der Waals surface area contributed by atoms with Crippen molar-refractivity contribution in [1.29, 1.82) is 0 Å². The van der Waals surface area contributed by atoms with Gasteiger partial charge in [-0.15, -0.1) is 0 Å². The van der Waals surface area contributed by atoms with Gasteiger partial charge in [0.2, 0.25) is 0 Å². The van der Waals surface area contributed by atoms with Crippen molar-refractivity contribution in [2.24, 2.45) is 5.41 Å². The summed E-state index contributed by atoms with van der Waals surface area (Å²) in [6, 6.07) is 0. The van der Waals surface area contributed by atoms with Crippen LogP contribution in [0.2, 0.25) is 0 Å². The van der Waals surface area contributed by atoms with Gasteiger partial charge in [-0.1, -0.05) is 52.7 Å². The second-order valence-corrected chi connectivity index (χ2v) is 4.38. The lowest BCUT2D eigenvalue weighted by molar-refractivity contribution is 0.105. The maximum absolute atomic E-state index is 9.60. The largest absolute Gasteiger partial charge is 0.388 e. The average Bonchev–Trinajstić information content (AvgIpc) is 1.96. The molecule has 1 N–H and O–H groups in total. The minimum Gasteiger partial charge on any atom is -0.388 e. The summed E-state index contributed by atoms with van der Waals surface area (Å²) in [5, 5.41) is 9.60. The van der Waals surface area contributed by atoms with Crippen LogP contribution in [0.15, 0.2) is 12.2 Å². The Hall–Kier alpha value is -0.300. The van der Waals surface area contributed by atoms with E-state index in [1.165, 1.54) is 12.8 Å². The molecule has 0 heterocycles. The van der Waals surface area contributed by atoms with E-state index in [1.54, 1.807) is 0 Å². The molecule has 0 fully saturated rings. The molecule has 0 spiro atoms. The molecule has 0 aliphatic carbocycles. The summed E-state index contributed by atoms with van der Waals surface area (Å²) in [5.74, 6) is 0. The van der Waals surface area contributed by atoms with Gasteiger partial charge in [-0.05, 0) is 11.8 Å². The van der Waals surface area contributed by atoms with Crippen molar-refractivity contribution < 1.29 is 5.11 Å². The molecule has 0 rings (SSSR count). The predicted octanol–water partition coefficient (Wildman–Crippen LogP) is 3.14. The molecule has 0 bridgehead atoms. The van der Waals surface area contributed by atoms with E-state index in [1.807, 2.05) is 26.8 Å². The van der Waals surface area contributed by atoms with Gasteiger partial charge in [0.1, 0.15) is 0 Å². The normalized spacial score (nSPS) is 15.4. The smallest absolute Gasteiger partial charge is 0.0769 e. The zero-order valence-corrected chi connectivity index (χ0v) is 8.80. The Bertz CT molecular complexity index is 130. The van der Waals surface area contributed by atoms with Crippen molar-refractivity contribution in [3.05, 3.63) is 12.2 Å². The number of hydrogen-bond acceptors (Lipinski definition) is 1. The molecule has 0 radical (unpaired) electrons. The lowest BCUT2D eigenvalue weighted by atomic mass is 9.89. The van der Waals surface area contributed by atoms with Crippen molar-refractivity contribution in [2.45, 2.75) is 53.1 Å². The van der Waals surface area contributed by atoms with E-state index >= 15 is 0 Å². The van der Waals surface area contributed by atoms with Crippen LogP contribution in [0.25, 0.3) is 0 Å². The first-order valence-electron chi connectivity index (χ1n) is 4.83. The first kappa shape index (κ1) is 11.7. The highest BCUT2D eigenvalue weighted by atomic mass is 16.3. The molecule has 0 aliphatic heterocycles. The van der Waals surface area contributed by atoms with Gasteiger partial charge >= 0.3 is 0 Å². The molecule has 0 aromatic carbocycles. The van der Waals surface area contributed by atoms with E-state index < -0.39 is 0 Å². The minimum absolute atomic E-state index is 0.0251. The Kier molecular flexibility index (Phi) is 5.23. The zero-order chi connectivity index (χ0) is 9.61. The molecule has 12 heavy (non-hydrogen) atoms. The van der Waals surface area contributed by atoms with E-state index in [4.69, 9.17) is 0 Å². The van der Waals surface area contributed by atoms with Crippen LogP contribution in [-0.4, -0.2) is 11.2 Å². The molecule has 1 nitrogen and oxygen atoms in total. The van der Waals surface area contributed by atoms with Gasteiger partial charge in [-0.2, -0.15) is 0 Å². The quantitative estimate of drug-likeness (QED) is 0.507. The molecule has 1 heteroatoms. The Morgan fingerprint density at radius 3 is 2.33 bits per heavy atom. The average molecular weight is 170 g/mol. The van der Waals surface area contributed by atoms with Gasteiger partial charge in [0.15, 0.2) is 0 Å². The molecule has 1 atom stereocenters. The second kappa shape index (κ2) is 5.36. The summed E-state index contributed by atoms with van der Waals surface area (Å²) < 4.78 is 0. The molecule has 0 saturated carbocycles. The Morgan fingerprint density at radius 1 is 1.33 bits per heavy atom. The molecular formula is C11H22O. The van der Waals surface area contributed by atoms with Gasteiger partial charge < -0.3 is 5.11 Å². The Morgan fingerprint density at radius 2 is 1.92 bits per heavy atom. The Balaban J connectivity index is 3.68. The molecule has 0 aliphatic rings. The van der Waals surface area contributed by atoms with E-state index in [0.29, 0.717) is 0 Å². The zero-order valence-electron chi connectivity index (χ0n) is 8.80. The van der Waals surface area contributed by atoms with Crippen molar-refractivity contribution in [1.82, 2.24) is 0 Å². The monoisotopic (exact) mass is 170 g/mol. The van der Waals surface area contributed by atoms with Crippen LogP contribution < -0.4 is 0 Å². The number of rotatable bonds is 4. The van der Waals surface area contributed by atoms with Gasteiger partial charge in [-0.25, -0.2) is 0 Å². The van der Waals surface area contributed by atoms with E-state index in [9.17, 15) is 5.11 Å². The molecule has 0 aromatic rings. The highest BCUT2D eigenvalue weighted by Gasteiger charge is 2.18. The van der Waals surface area contributed by atoms with Crippen LogP contribution >= 0.6 is 0 Å². The van der Waals surface area contributed by atoms with Crippen LogP contribution in [0.3, 0.4) is 0 Å². The molecule has 0 aromatic heterocycles. The third-order valence-electron chi connectivity index (χ3n) is 1.93. The maximum Gasteiger partial charge on any atom is 0.0769 e. The highest BCUT2D eigenvalue weighted by Crippen LogP contribution is 2.19. The molecule has 1 unspecified atom stereocenters. The first-order chi connectivity index (χ1) is 5.48. The summed E-state index contributed by atoms with van der Waals surface area (Å²) in [5.41, 5.74) is -0.0251. The molecule has 0 saturated heterocycles. The van der Waals surface area contributed by atoms with Crippen LogP contribution in [0, 0.1) is 5.41 Å². The van der Waals surface area contributed by atoms with Crippen LogP contribution in [0.5, 0.6) is 0 Å². The third-order valence-corrected chi connectivity index (χ3v) is 1.93. The van der Waals surface area contributed by atoms with Crippen molar-refractivity contribution in [3.8, 4) is 0 Å². The van der Waals surface area contributed by atoms with Gasteiger partial charge in [-0.3, -0.25) is 0 Å². The van der Waals surface area contributed by atoms with Crippen LogP contribution in [0.4, 0.5) is 0 Å². The minimum atomic E-state index is -0.311. The predicted molar refractivity (Wildman–Crippen MR) is 54.1 cm³/mol. The number of aliphatic hydroxyl groups excluding tert-OH is 1. The lowest BCUT2D eigenvalue weighted by Crippen LogP contribution is -2.23. The summed E-state index contributed by atoms with van der Waals surface area (Å²) in [6.45, 7) is 8.31. The second-order valence-electron chi connectivity index (χ2n) is 4.38. The number of unbranched alkanes of at least 4 members (excludes halogenated alkanes) is 2. The van der Waals surface area contributed by atoms with E-state index in [0.717, 1.165) is 6.42 Å². The SMILES string of the molecule is CCCC/C=C/C(O)C(C)(C)C. The summed E-state index contributed by atoms with van der Waals surface area (Å²) in [7, 11) is 0.